The summed E-state index contributed by atoms with van der Waals surface area (Å²) in [6, 6.07) is 4.86. The lowest BCUT2D eigenvalue weighted by Gasteiger charge is -2.09. The smallest absolute Gasteiger partial charge is 0.119 e. The number of hydrogen-bond acceptors (Lipinski definition) is 2. The van der Waals surface area contributed by atoms with Crippen molar-refractivity contribution in [1.82, 2.24) is 0 Å². The minimum Gasteiger partial charge on any atom is -0.508 e. The van der Waals surface area contributed by atoms with Gasteiger partial charge < -0.3 is 10.2 Å². The van der Waals surface area contributed by atoms with Crippen LogP contribution in [0.25, 0.3) is 0 Å². The molecule has 20 heavy (non-hydrogen) atoms. The highest BCUT2D eigenvalue weighted by atomic mass is 16.3. The Hall–Kier alpha value is -1.18. The van der Waals surface area contributed by atoms with Crippen LogP contribution < -0.4 is 0 Å². The number of benzene rings is 1. The molecule has 0 aromatic heterocycles. The summed E-state index contributed by atoms with van der Waals surface area (Å²) in [5, 5.41) is 18.8. The van der Waals surface area contributed by atoms with Gasteiger partial charge in [0.05, 0.1) is 0 Å². The molecule has 114 valence electrons. The van der Waals surface area contributed by atoms with Crippen LogP contribution in [0, 0.1) is 5.92 Å². The maximum absolute atomic E-state index is 9.40. The van der Waals surface area contributed by atoms with Gasteiger partial charge >= 0.3 is 0 Å². The van der Waals surface area contributed by atoms with E-state index in [1.54, 1.807) is 12.1 Å². The van der Waals surface area contributed by atoms with Crippen molar-refractivity contribution < 1.29 is 10.2 Å². The van der Waals surface area contributed by atoms with E-state index in [2.05, 4.69) is 13.8 Å². The zero-order chi connectivity index (χ0) is 14.8. The molecule has 0 heterocycles. The van der Waals surface area contributed by atoms with Gasteiger partial charge in [-0.3, -0.25) is 0 Å². The molecule has 0 aliphatic rings. The lowest BCUT2D eigenvalue weighted by molar-refractivity contribution is 0.448. The standard InChI is InChI=1S/C18H30O2/c1-3-9-15(2)10-7-5-4-6-8-11-16-12-17(19)14-18(20)13-16/h12-15,19-20H,3-11H2,1-2H3. The minimum atomic E-state index is 0.157. The highest BCUT2D eigenvalue weighted by Gasteiger charge is 2.01. The first kappa shape index (κ1) is 16.9. The third-order valence-electron chi connectivity index (χ3n) is 3.91. The Bertz CT molecular complexity index is 353. The van der Waals surface area contributed by atoms with Crippen molar-refractivity contribution in [1.29, 1.82) is 0 Å². The molecule has 0 saturated carbocycles. The summed E-state index contributed by atoms with van der Waals surface area (Å²) in [4.78, 5) is 0. The van der Waals surface area contributed by atoms with Gasteiger partial charge in [-0.05, 0) is 36.5 Å². The number of aromatic hydroxyl groups is 2. The van der Waals surface area contributed by atoms with Crippen molar-refractivity contribution in [2.24, 2.45) is 5.92 Å². The molecular formula is C18H30O2. The van der Waals surface area contributed by atoms with Gasteiger partial charge in [-0.1, -0.05) is 58.8 Å². The molecule has 1 aromatic carbocycles. The summed E-state index contributed by atoms with van der Waals surface area (Å²) < 4.78 is 0. The third-order valence-corrected chi connectivity index (χ3v) is 3.91. The molecule has 1 atom stereocenters. The Kier molecular flexibility index (Phi) is 8.17. The second-order valence-corrected chi connectivity index (χ2v) is 6.06. The molecule has 0 fully saturated rings. The Labute approximate surface area is 123 Å². The molecule has 0 spiro atoms. The van der Waals surface area contributed by atoms with Gasteiger partial charge in [-0.15, -0.1) is 0 Å². The first-order valence-electron chi connectivity index (χ1n) is 8.13. The Morgan fingerprint density at radius 1 is 0.850 bits per heavy atom. The lowest BCUT2D eigenvalue weighted by Crippen LogP contribution is -1.93. The fourth-order valence-electron chi connectivity index (χ4n) is 2.79. The molecule has 0 radical (unpaired) electrons. The van der Waals surface area contributed by atoms with Crippen LogP contribution in [0.4, 0.5) is 0 Å². The van der Waals surface area contributed by atoms with Crippen molar-refractivity contribution in [3.05, 3.63) is 23.8 Å². The normalized spacial score (nSPS) is 12.5. The lowest BCUT2D eigenvalue weighted by atomic mass is 9.97. The van der Waals surface area contributed by atoms with Crippen molar-refractivity contribution in [2.75, 3.05) is 0 Å². The van der Waals surface area contributed by atoms with Crippen molar-refractivity contribution in [2.45, 2.75) is 71.6 Å². The number of aryl methyl sites for hydroxylation is 1. The van der Waals surface area contributed by atoms with E-state index >= 15 is 0 Å². The first-order valence-corrected chi connectivity index (χ1v) is 8.13. The van der Waals surface area contributed by atoms with Crippen LogP contribution in [-0.2, 0) is 6.42 Å². The summed E-state index contributed by atoms with van der Waals surface area (Å²) in [6.45, 7) is 4.62. The molecule has 2 nitrogen and oxygen atoms in total. The molecule has 0 bridgehead atoms. The van der Waals surface area contributed by atoms with Gasteiger partial charge in [0, 0.05) is 6.07 Å². The second kappa shape index (κ2) is 9.68. The Morgan fingerprint density at radius 2 is 1.45 bits per heavy atom. The van der Waals surface area contributed by atoms with Gasteiger partial charge in [0.15, 0.2) is 0 Å². The average molecular weight is 278 g/mol. The maximum Gasteiger partial charge on any atom is 0.119 e. The fourth-order valence-corrected chi connectivity index (χ4v) is 2.79. The van der Waals surface area contributed by atoms with Crippen LogP contribution in [0.15, 0.2) is 18.2 Å². The topological polar surface area (TPSA) is 40.5 Å². The molecule has 0 aliphatic heterocycles. The number of rotatable bonds is 10. The summed E-state index contributed by atoms with van der Waals surface area (Å²) in [6.07, 6.45) is 11.3. The first-order chi connectivity index (χ1) is 9.61. The molecule has 2 heteroatoms. The SMILES string of the molecule is CCCC(C)CCCCCCCc1cc(O)cc(O)c1. The summed E-state index contributed by atoms with van der Waals surface area (Å²) in [7, 11) is 0. The van der Waals surface area contributed by atoms with E-state index in [4.69, 9.17) is 0 Å². The largest absolute Gasteiger partial charge is 0.508 e. The van der Waals surface area contributed by atoms with Gasteiger partial charge in [0.25, 0.3) is 0 Å². The van der Waals surface area contributed by atoms with E-state index in [0.717, 1.165) is 24.3 Å². The molecule has 1 unspecified atom stereocenters. The van der Waals surface area contributed by atoms with E-state index < -0.39 is 0 Å². The van der Waals surface area contributed by atoms with E-state index in [0.29, 0.717) is 0 Å². The van der Waals surface area contributed by atoms with Crippen LogP contribution in [0.2, 0.25) is 0 Å². The zero-order valence-corrected chi connectivity index (χ0v) is 13.1. The molecule has 1 aromatic rings. The average Bonchev–Trinajstić information content (AvgIpc) is 2.36. The number of unbranched alkanes of at least 4 members (excludes halogenated alkanes) is 4. The minimum absolute atomic E-state index is 0.157. The molecule has 1 rings (SSSR count). The van der Waals surface area contributed by atoms with Gasteiger partial charge in [0.1, 0.15) is 11.5 Å². The summed E-state index contributed by atoms with van der Waals surface area (Å²) in [5.74, 6) is 1.20. The van der Waals surface area contributed by atoms with Crippen LogP contribution in [-0.4, -0.2) is 10.2 Å². The van der Waals surface area contributed by atoms with Crippen LogP contribution >= 0.6 is 0 Å². The highest BCUT2D eigenvalue weighted by Crippen LogP contribution is 2.22. The predicted molar refractivity (Wildman–Crippen MR) is 85.2 cm³/mol. The van der Waals surface area contributed by atoms with Crippen molar-refractivity contribution in [3.8, 4) is 11.5 Å². The van der Waals surface area contributed by atoms with Crippen molar-refractivity contribution >= 4 is 0 Å². The number of phenolic OH excluding ortho intramolecular Hbond substituents is 2. The molecular weight excluding hydrogens is 248 g/mol. The summed E-state index contributed by atoms with van der Waals surface area (Å²) >= 11 is 0. The number of hydrogen-bond donors (Lipinski definition) is 2. The van der Waals surface area contributed by atoms with Crippen molar-refractivity contribution in [3.63, 3.8) is 0 Å². The molecule has 0 aliphatic carbocycles. The van der Waals surface area contributed by atoms with Crippen LogP contribution in [0.1, 0.15) is 70.8 Å². The van der Waals surface area contributed by atoms with E-state index in [1.165, 1.54) is 51.0 Å². The molecule has 0 amide bonds. The Morgan fingerprint density at radius 3 is 2.10 bits per heavy atom. The van der Waals surface area contributed by atoms with Crippen LogP contribution in [0.3, 0.4) is 0 Å². The van der Waals surface area contributed by atoms with Gasteiger partial charge in [0.2, 0.25) is 0 Å². The van der Waals surface area contributed by atoms with E-state index in [9.17, 15) is 10.2 Å². The molecule has 0 saturated heterocycles. The summed E-state index contributed by atoms with van der Waals surface area (Å²) in [5.41, 5.74) is 1.03. The Balaban J connectivity index is 2.04. The number of phenols is 2. The third kappa shape index (κ3) is 7.42. The highest BCUT2D eigenvalue weighted by molar-refractivity contribution is 5.36. The van der Waals surface area contributed by atoms with E-state index in [1.807, 2.05) is 0 Å². The van der Waals surface area contributed by atoms with Gasteiger partial charge in [-0.2, -0.15) is 0 Å². The van der Waals surface area contributed by atoms with Crippen LogP contribution in [0.5, 0.6) is 11.5 Å². The van der Waals surface area contributed by atoms with Gasteiger partial charge in [-0.25, -0.2) is 0 Å². The van der Waals surface area contributed by atoms with E-state index in [-0.39, 0.29) is 11.5 Å². The zero-order valence-electron chi connectivity index (χ0n) is 13.1. The quantitative estimate of drug-likeness (QED) is 0.561. The predicted octanol–water partition coefficient (Wildman–Crippen LogP) is 5.42. The molecule has 2 N–H and O–H groups in total. The second-order valence-electron chi connectivity index (χ2n) is 6.06. The fraction of sp³-hybridized carbons (Fsp3) is 0.667. The monoisotopic (exact) mass is 278 g/mol. The maximum atomic E-state index is 9.40.